The van der Waals surface area contributed by atoms with Crippen molar-refractivity contribution < 1.29 is 30.8 Å². The van der Waals surface area contributed by atoms with Crippen LogP contribution in [0, 0.1) is 11.7 Å². The van der Waals surface area contributed by atoms with Gasteiger partial charge in [0, 0.05) is 38.0 Å². The zero-order chi connectivity index (χ0) is 25.4. The highest BCUT2D eigenvalue weighted by atomic mass is 32.2. The zero-order valence-corrected chi connectivity index (χ0v) is 20.9. The van der Waals surface area contributed by atoms with Gasteiger partial charge in [0.05, 0.1) is 28.5 Å². The Balaban J connectivity index is 1.43. The van der Waals surface area contributed by atoms with E-state index in [1.807, 2.05) is 0 Å². The minimum Gasteiger partial charge on any atom is -0.493 e. The number of ether oxygens (including phenoxy) is 1. The minimum atomic E-state index is -3.94. The van der Waals surface area contributed by atoms with Crippen LogP contribution in [0.15, 0.2) is 46.2 Å². The maximum absolute atomic E-state index is 14.6. The van der Waals surface area contributed by atoms with Crippen LogP contribution in [-0.4, -0.2) is 66.7 Å². The summed E-state index contributed by atoms with van der Waals surface area (Å²) in [4.78, 5) is 16.2. The molecule has 2 fully saturated rings. The molecular formula is C23H28FN3O6S2. The van der Waals surface area contributed by atoms with Gasteiger partial charge in [-0.1, -0.05) is 0 Å². The molecule has 1 saturated carbocycles. The average molecular weight is 526 g/mol. The highest BCUT2D eigenvalue weighted by Crippen LogP contribution is 2.31. The molecule has 2 aromatic carbocycles. The second kappa shape index (κ2) is 9.75. The molecule has 2 N–H and O–H groups in total. The Bertz CT molecular complexity index is 1340. The number of nitrogens with zero attached hydrogens (tertiary/aromatic N) is 2. The fourth-order valence-corrected chi connectivity index (χ4v) is 5.15. The Morgan fingerprint density at radius 3 is 2.26 bits per heavy atom. The molecule has 35 heavy (non-hydrogen) atoms. The summed E-state index contributed by atoms with van der Waals surface area (Å²) >= 11 is 0. The maximum atomic E-state index is 14.6. The number of sulfonamides is 1. The summed E-state index contributed by atoms with van der Waals surface area (Å²) in [5.41, 5.74) is 0.730. The lowest BCUT2D eigenvalue weighted by Gasteiger charge is -2.36. The van der Waals surface area contributed by atoms with E-state index in [2.05, 4.69) is 0 Å². The largest absolute Gasteiger partial charge is 0.493 e. The molecule has 2 aliphatic rings. The van der Waals surface area contributed by atoms with Crippen LogP contribution < -0.4 is 14.8 Å². The number of hydrogen-bond acceptors (Lipinski definition) is 7. The van der Waals surface area contributed by atoms with Crippen LogP contribution in [0.4, 0.5) is 10.1 Å². The Morgan fingerprint density at radius 1 is 1.03 bits per heavy atom. The van der Waals surface area contributed by atoms with Crippen molar-refractivity contribution in [3.05, 3.63) is 47.8 Å². The van der Waals surface area contributed by atoms with Crippen molar-refractivity contribution in [3.63, 3.8) is 0 Å². The van der Waals surface area contributed by atoms with Gasteiger partial charge in [0.25, 0.3) is 0 Å². The molecule has 190 valence electrons. The first-order valence-corrected chi connectivity index (χ1v) is 14.7. The second-order valence-corrected chi connectivity index (χ2v) is 12.6. The van der Waals surface area contributed by atoms with E-state index in [1.165, 1.54) is 30.3 Å². The Kier molecular flexibility index (Phi) is 7.07. The van der Waals surface area contributed by atoms with E-state index in [4.69, 9.17) is 9.88 Å². The standard InChI is InChI=1S/C23H28FN3O6S2/c1-34(29,30)18-4-6-21(20(24)14-18)26-8-10-27(11-9-26)23(28)13-17-12-19(35(25,31)32)5-7-22(17)33-15-16-2-3-16/h4-7,12,14,16H,2-3,8-11,13,15H2,1H3,(H2,25,31,32). The summed E-state index contributed by atoms with van der Waals surface area (Å²) in [6.45, 7) is 1.91. The normalized spacial score (nSPS) is 16.9. The van der Waals surface area contributed by atoms with Gasteiger partial charge in [0.2, 0.25) is 15.9 Å². The average Bonchev–Trinajstić information content (AvgIpc) is 3.61. The zero-order valence-electron chi connectivity index (χ0n) is 19.3. The number of hydrogen-bond donors (Lipinski definition) is 1. The molecule has 4 rings (SSSR count). The summed E-state index contributed by atoms with van der Waals surface area (Å²) in [7, 11) is -7.45. The quantitative estimate of drug-likeness (QED) is 0.554. The van der Waals surface area contributed by atoms with Gasteiger partial charge in [-0.2, -0.15) is 0 Å². The van der Waals surface area contributed by atoms with Crippen molar-refractivity contribution in [3.8, 4) is 5.75 Å². The number of rotatable bonds is 8. The SMILES string of the molecule is CS(=O)(=O)c1ccc(N2CCN(C(=O)Cc3cc(S(N)(=O)=O)ccc3OCC3CC3)CC2)c(F)c1. The monoisotopic (exact) mass is 525 g/mol. The number of piperazine rings is 1. The third-order valence-corrected chi connectivity index (χ3v) is 8.22. The molecule has 0 radical (unpaired) electrons. The Morgan fingerprint density at radius 2 is 1.69 bits per heavy atom. The van der Waals surface area contributed by atoms with E-state index >= 15 is 0 Å². The van der Waals surface area contributed by atoms with Crippen molar-refractivity contribution in [1.29, 1.82) is 0 Å². The predicted molar refractivity (Wildman–Crippen MR) is 128 cm³/mol. The van der Waals surface area contributed by atoms with E-state index in [-0.39, 0.29) is 27.8 Å². The molecule has 1 aliphatic heterocycles. The van der Waals surface area contributed by atoms with Gasteiger partial charge in [0.1, 0.15) is 11.6 Å². The van der Waals surface area contributed by atoms with Crippen molar-refractivity contribution in [1.82, 2.24) is 4.90 Å². The molecular weight excluding hydrogens is 497 g/mol. The summed E-state index contributed by atoms with van der Waals surface area (Å²) in [5, 5.41) is 5.26. The van der Waals surface area contributed by atoms with Crippen molar-refractivity contribution in [2.24, 2.45) is 11.1 Å². The third kappa shape index (κ3) is 6.30. The molecule has 0 bridgehead atoms. The first-order valence-electron chi connectivity index (χ1n) is 11.2. The number of amides is 1. The molecule has 12 heteroatoms. The van der Waals surface area contributed by atoms with Gasteiger partial charge in [-0.05, 0) is 55.2 Å². The summed E-state index contributed by atoms with van der Waals surface area (Å²) in [6, 6.07) is 8.09. The molecule has 2 aromatic rings. The number of benzene rings is 2. The highest BCUT2D eigenvalue weighted by Gasteiger charge is 2.26. The number of carbonyl (C=O) groups is 1. The molecule has 9 nitrogen and oxygen atoms in total. The van der Waals surface area contributed by atoms with Gasteiger partial charge in [0.15, 0.2) is 9.84 Å². The van der Waals surface area contributed by atoms with E-state index in [0.717, 1.165) is 25.2 Å². The maximum Gasteiger partial charge on any atom is 0.238 e. The lowest BCUT2D eigenvalue weighted by atomic mass is 10.1. The summed E-state index contributed by atoms with van der Waals surface area (Å²) in [6.07, 6.45) is 3.14. The van der Waals surface area contributed by atoms with Crippen LogP contribution in [0.1, 0.15) is 18.4 Å². The van der Waals surface area contributed by atoms with Crippen molar-refractivity contribution in [2.45, 2.75) is 29.1 Å². The van der Waals surface area contributed by atoms with Crippen LogP contribution in [-0.2, 0) is 31.1 Å². The van der Waals surface area contributed by atoms with Gasteiger partial charge in [-0.25, -0.2) is 26.4 Å². The van der Waals surface area contributed by atoms with Crippen LogP contribution in [0.2, 0.25) is 0 Å². The number of carbonyl (C=O) groups excluding carboxylic acids is 1. The van der Waals surface area contributed by atoms with Crippen LogP contribution in [0.5, 0.6) is 5.75 Å². The molecule has 0 atom stereocenters. The molecule has 1 saturated heterocycles. The first kappa shape index (κ1) is 25.4. The fraction of sp³-hybridized carbons (Fsp3) is 0.435. The number of nitrogens with two attached hydrogens (primary N) is 1. The number of sulfone groups is 1. The number of primary sulfonamides is 1. The number of anilines is 1. The third-order valence-electron chi connectivity index (χ3n) is 6.19. The van der Waals surface area contributed by atoms with E-state index in [9.17, 15) is 26.0 Å². The van der Waals surface area contributed by atoms with Crippen LogP contribution in [0.25, 0.3) is 0 Å². The predicted octanol–water partition coefficient (Wildman–Crippen LogP) is 1.56. The van der Waals surface area contributed by atoms with Crippen LogP contribution >= 0.6 is 0 Å². The Hall–Kier alpha value is -2.70. The number of halogens is 1. The van der Waals surface area contributed by atoms with Crippen molar-refractivity contribution in [2.75, 3.05) is 43.9 Å². The smallest absolute Gasteiger partial charge is 0.238 e. The second-order valence-electron chi connectivity index (χ2n) is 9.00. The van der Waals surface area contributed by atoms with E-state index in [1.54, 1.807) is 9.80 Å². The topological polar surface area (TPSA) is 127 Å². The molecule has 1 heterocycles. The van der Waals surface area contributed by atoms with E-state index in [0.29, 0.717) is 50.0 Å². The molecule has 0 aromatic heterocycles. The van der Waals surface area contributed by atoms with Crippen LogP contribution in [0.3, 0.4) is 0 Å². The molecule has 0 spiro atoms. The summed E-state index contributed by atoms with van der Waals surface area (Å²) in [5.74, 6) is 0.103. The van der Waals surface area contributed by atoms with E-state index < -0.39 is 25.7 Å². The summed E-state index contributed by atoms with van der Waals surface area (Å²) < 4.78 is 67.3. The lowest BCUT2D eigenvalue weighted by Crippen LogP contribution is -2.49. The molecule has 1 amide bonds. The highest BCUT2D eigenvalue weighted by molar-refractivity contribution is 7.90. The van der Waals surface area contributed by atoms with Gasteiger partial charge in [-0.15, -0.1) is 0 Å². The first-order chi connectivity index (χ1) is 16.4. The molecule has 1 aliphatic carbocycles. The Labute approximate surface area is 204 Å². The van der Waals surface area contributed by atoms with Crippen molar-refractivity contribution >= 4 is 31.5 Å². The van der Waals surface area contributed by atoms with Gasteiger partial charge < -0.3 is 14.5 Å². The minimum absolute atomic E-state index is 0.0548. The molecule has 0 unspecified atom stereocenters. The lowest BCUT2D eigenvalue weighted by molar-refractivity contribution is -0.130. The van der Waals surface area contributed by atoms with Gasteiger partial charge >= 0.3 is 0 Å². The van der Waals surface area contributed by atoms with Gasteiger partial charge in [-0.3, -0.25) is 4.79 Å². The fourth-order valence-electron chi connectivity index (χ4n) is 3.95.